The molecule has 2 rings (SSSR count). The van der Waals surface area contributed by atoms with E-state index >= 15 is 0 Å². The van der Waals surface area contributed by atoms with Crippen molar-refractivity contribution in [3.63, 3.8) is 0 Å². The summed E-state index contributed by atoms with van der Waals surface area (Å²) in [4.78, 5) is 13.6. The van der Waals surface area contributed by atoms with Crippen LogP contribution in [0.5, 0.6) is 0 Å². The van der Waals surface area contributed by atoms with Gasteiger partial charge in [0.2, 0.25) is 5.91 Å². The maximum absolute atomic E-state index is 12.0. The number of nitrogens with zero attached hydrogens (tertiary/aromatic N) is 1. The van der Waals surface area contributed by atoms with Crippen LogP contribution in [0.25, 0.3) is 0 Å². The maximum Gasteiger partial charge on any atom is 0.229 e. The van der Waals surface area contributed by atoms with Crippen LogP contribution in [0, 0.1) is 5.92 Å². The van der Waals surface area contributed by atoms with Crippen molar-refractivity contribution in [3.8, 4) is 0 Å². The van der Waals surface area contributed by atoms with E-state index in [0.29, 0.717) is 16.4 Å². The van der Waals surface area contributed by atoms with E-state index in [4.69, 9.17) is 17.3 Å². The van der Waals surface area contributed by atoms with Crippen LogP contribution in [-0.2, 0) is 4.79 Å². The highest BCUT2D eigenvalue weighted by Gasteiger charge is 2.28. The van der Waals surface area contributed by atoms with Gasteiger partial charge in [-0.1, -0.05) is 18.0 Å². The van der Waals surface area contributed by atoms with Gasteiger partial charge in [0.05, 0.1) is 11.4 Å². The van der Waals surface area contributed by atoms with Crippen molar-refractivity contribution < 1.29 is 4.79 Å². The van der Waals surface area contributed by atoms with Crippen LogP contribution in [-0.4, -0.2) is 13.0 Å². The first-order chi connectivity index (χ1) is 7.59. The van der Waals surface area contributed by atoms with Gasteiger partial charge in [-0.2, -0.15) is 0 Å². The molecule has 0 unspecified atom stereocenters. The predicted molar refractivity (Wildman–Crippen MR) is 66.6 cm³/mol. The Bertz CT molecular complexity index is 415. The minimum Gasteiger partial charge on any atom is -0.397 e. The lowest BCUT2D eigenvalue weighted by Gasteiger charge is -2.29. The molecule has 4 heteroatoms. The normalized spacial score (nSPS) is 15.6. The van der Waals surface area contributed by atoms with Crippen LogP contribution >= 0.6 is 11.6 Å². The van der Waals surface area contributed by atoms with Crippen molar-refractivity contribution in [1.82, 2.24) is 0 Å². The molecule has 3 nitrogen and oxygen atoms in total. The number of amides is 1. The second kappa shape index (κ2) is 4.34. The zero-order chi connectivity index (χ0) is 11.7. The number of hydrogen-bond donors (Lipinski definition) is 1. The van der Waals surface area contributed by atoms with Crippen molar-refractivity contribution >= 4 is 28.9 Å². The molecule has 0 heterocycles. The molecule has 1 aliphatic rings. The van der Waals surface area contributed by atoms with E-state index in [0.717, 1.165) is 19.3 Å². The quantitative estimate of drug-likeness (QED) is 0.806. The molecule has 86 valence electrons. The van der Waals surface area contributed by atoms with E-state index in [1.807, 2.05) is 0 Å². The third-order valence-electron chi connectivity index (χ3n) is 3.14. The second-order valence-electron chi connectivity index (χ2n) is 4.23. The number of anilines is 2. The summed E-state index contributed by atoms with van der Waals surface area (Å²) in [5.41, 5.74) is 7.12. The summed E-state index contributed by atoms with van der Waals surface area (Å²) in [5.74, 6) is 0.309. The molecular formula is C12H15ClN2O. The Morgan fingerprint density at radius 3 is 2.75 bits per heavy atom. The molecular weight excluding hydrogens is 224 g/mol. The second-order valence-corrected chi connectivity index (χ2v) is 4.66. The van der Waals surface area contributed by atoms with E-state index in [9.17, 15) is 4.79 Å². The Morgan fingerprint density at radius 1 is 1.50 bits per heavy atom. The predicted octanol–water partition coefficient (Wildman–Crippen LogP) is 2.69. The zero-order valence-electron chi connectivity index (χ0n) is 9.24. The van der Waals surface area contributed by atoms with Crippen molar-refractivity contribution in [1.29, 1.82) is 0 Å². The summed E-state index contributed by atoms with van der Waals surface area (Å²) < 4.78 is 0. The molecule has 0 radical (unpaired) electrons. The number of halogens is 1. The van der Waals surface area contributed by atoms with E-state index in [2.05, 4.69) is 0 Å². The number of hydrogen-bond acceptors (Lipinski definition) is 2. The van der Waals surface area contributed by atoms with Gasteiger partial charge < -0.3 is 10.6 Å². The Labute approximate surface area is 100 Å². The first-order valence-corrected chi connectivity index (χ1v) is 5.80. The van der Waals surface area contributed by atoms with Gasteiger partial charge in [0.15, 0.2) is 0 Å². The monoisotopic (exact) mass is 238 g/mol. The Hall–Kier alpha value is -1.22. The average molecular weight is 239 g/mol. The zero-order valence-corrected chi connectivity index (χ0v) is 10.00. The summed E-state index contributed by atoms with van der Waals surface area (Å²) in [5, 5.41) is 0.595. The van der Waals surface area contributed by atoms with Crippen molar-refractivity contribution in [2.75, 3.05) is 17.7 Å². The molecule has 0 atom stereocenters. The van der Waals surface area contributed by atoms with Crippen molar-refractivity contribution in [2.24, 2.45) is 5.92 Å². The highest BCUT2D eigenvalue weighted by atomic mass is 35.5. The van der Waals surface area contributed by atoms with Crippen LogP contribution in [0.4, 0.5) is 11.4 Å². The topological polar surface area (TPSA) is 46.3 Å². The van der Waals surface area contributed by atoms with Gasteiger partial charge in [0.1, 0.15) is 0 Å². The summed E-state index contributed by atoms with van der Waals surface area (Å²) in [6, 6.07) is 5.18. The number of rotatable bonds is 2. The molecule has 1 fully saturated rings. The summed E-state index contributed by atoms with van der Waals surface area (Å²) in [7, 11) is 1.75. The highest BCUT2D eigenvalue weighted by molar-refractivity contribution is 6.31. The lowest BCUT2D eigenvalue weighted by Crippen LogP contribution is -2.36. The van der Waals surface area contributed by atoms with Gasteiger partial charge in [-0.25, -0.2) is 0 Å². The van der Waals surface area contributed by atoms with E-state index < -0.39 is 0 Å². The van der Waals surface area contributed by atoms with Crippen molar-refractivity contribution in [2.45, 2.75) is 19.3 Å². The molecule has 0 spiro atoms. The molecule has 1 aromatic carbocycles. The number of nitrogen functional groups attached to an aromatic ring is 1. The fraction of sp³-hybridized carbons (Fsp3) is 0.417. The summed E-state index contributed by atoms with van der Waals surface area (Å²) in [6.07, 6.45) is 3.13. The third kappa shape index (κ3) is 2.00. The number of benzene rings is 1. The van der Waals surface area contributed by atoms with Crippen LogP contribution in [0.15, 0.2) is 18.2 Å². The molecule has 16 heavy (non-hydrogen) atoms. The average Bonchev–Trinajstić information content (AvgIpc) is 2.18. The van der Waals surface area contributed by atoms with Gasteiger partial charge in [-0.15, -0.1) is 0 Å². The van der Waals surface area contributed by atoms with Gasteiger partial charge in [0.25, 0.3) is 0 Å². The van der Waals surface area contributed by atoms with E-state index in [1.165, 1.54) is 0 Å². The SMILES string of the molecule is CN(C(=O)C1CCC1)c1cc(Cl)ccc1N. The number of carbonyl (C=O) groups is 1. The van der Waals surface area contributed by atoms with Gasteiger partial charge in [-0.05, 0) is 31.0 Å². The Kier molecular flexibility index (Phi) is 3.06. The molecule has 0 saturated heterocycles. The molecule has 1 aliphatic carbocycles. The lowest BCUT2D eigenvalue weighted by molar-refractivity contribution is -0.124. The van der Waals surface area contributed by atoms with E-state index in [-0.39, 0.29) is 11.8 Å². The molecule has 0 aromatic heterocycles. The fourth-order valence-corrected chi connectivity index (χ4v) is 2.02. The van der Waals surface area contributed by atoms with Gasteiger partial charge in [0, 0.05) is 18.0 Å². The van der Waals surface area contributed by atoms with Crippen LogP contribution in [0.2, 0.25) is 5.02 Å². The lowest BCUT2D eigenvalue weighted by atomic mass is 9.84. The molecule has 1 amide bonds. The van der Waals surface area contributed by atoms with Crippen LogP contribution in [0.3, 0.4) is 0 Å². The van der Waals surface area contributed by atoms with Gasteiger partial charge in [-0.3, -0.25) is 4.79 Å². The Balaban J connectivity index is 2.22. The van der Waals surface area contributed by atoms with Crippen LogP contribution < -0.4 is 10.6 Å². The molecule has 0 bridgehead atoms. The first kappa shape index (κ1) is 11.3. The van der Waals surface area contributed by atoms with E-state index in [1.54, 1.807) is 30.1 Å². The largest absolute Gasteiger partial charge is 0.397 e. The summed E-state index contributed by atoms with van der Waals surface area (Å²) in [6.45, 7) is 0. The minimum absolute atomic E-state index is 0.139. The maximum atomic E-state index is 12.0. The fourth-order valence-electron chi connectivity index (χ4n) is 1.86. The Morgan fingerprint density at radius 2 is 2.19 bits per heavy atom. The summed E-state index contributed by atoms with van der Waals surface area (Å²) >= 11 is 5.90. The number of nitrogens with two attached hydrogens (primary N) is 1. The third-order valence-corrected chi connectivity index (χ3v) is 3.37. The smallest absolute Gasteiger partial charge is 0.229 e. The highest BCUT2D eigenvalue weighted by Crippen LogP contribution is 2.32. The molecule has 1 aromatic rings. The molecule has 1 saturated carbocycles. The molecule has 0 aliphatic heterocycles. The van der Waals surface area contributed by atoms with Crippen molar-refractivity contribution in [3.05, 3.63) is 23.2 Å². The molecule has 2 N–H and O–H groups in total. The minimum atomic E-state index is 0.139. The van der Waals surface area contributed by atoms with Gasteiger partial charge >= 0.3 is 0 Å². The van der Waals surface area contributed by atoms with Crippen LogP contribution in [0.1, 0.15) is 19.3 Å². The standard InChI is InChI=1S/C12H15ClN2O/c1-15(12(16)8-3-2-4-8)11-7-9(13)5-6-10(11)14/h5-8H,2-4,14H2,1H3. The number of carbonyl (C=O) groups excluding carboxylic acids is 1. The first-order valence-electron chi connectivity index (χ1n) is 5.42.